The highest BCUT2D eigenvalue weighted by Gasteiger charge is 2.48. The summed E-state index contributed by atoms with van der Waals surface area (Å²) in [4.78, 5) is 17.1. The number of aryl methyl sites for hydroxylation is 2. The van der Waals surface area contributed by atoms with Crippen LogP contribution in [-0.2, 0) is 18.3 Å². The van der Waals surface area contributed by atoms with Crippen molar-refractivity contribution in [2.24, 2.45) is 11.7 Å². The molecular weight excluding hydrogens is 504 g/mol. The molecule has 1 saturated heterocycles. The topological polar surface area (TPSA) is 137 Å². The van der Waals surface area contributed by atoms with Gasteiger partial charge in [0, 0.05) is 34.1 Å². The molecule has 1 amide bonds. The molecule has 4 N–H and O–H groups in total. The fraction of sp³-hybridized carbons (Fsp3) is 0.500. The Hall–Kier alpha value is -3.07. The number of fused-ring (bicyclic) bond motifs is 2. The molecule has 5 rings (SSSR count). The van der Waals surface area contributed by atoms with Crippen molar-refractivity contribution in [1.82, 2.24) is 30.8 Å². The van der Waals surface area contributed by atoms with Crippen LogP contribution in [0.2, 0.25) is 0 Å². The number of hydrogen-bond donors (Lipinski definition) is 3. The SMILES string of the molecule is C=C(CN[C@H](C)CC1(c2nn[nH]n2)c2sccc2CCc2cc(C(N)=O)sc21)N1C(C#N)C[C@H](C)C1C. The number of tetrazole rings is 1. The van der Waals surface area contributed by atoms with Crippen LogP contribution >= 0.6 is 22.7 Å². The number of rotatable bonds is 8. The fourth-order valence-corrected chi connectivity index (χ4v) is 8.45. The monoisotopic (exact) mass is 536 g/mol. The molecule has 1 aliphatic heterocycles. The third-order valence-corrected chi connectivity index (χ3v) is 10.4. The number of aromatic nitrogens is 4. The van der Waals surface area contributed by atoms with Crippen LogP contribution in [0.1, 0.15) is 70.0 Å². The van der Waals surface area contributed by atoms with Gasteiger partial charge in [-0.05, 0) is 74.1 Å². The van der Waals surface area contributed by atoms with E-state index in [0.717, 1.165) is 35.4 Å². The Morgan fingerprint density at radius 2 is 2.19 bits per heavy atom. The largest absolute Gasteiger partial charge is 0.365 e. The van der Waals surface area contributed by atoms with E-state index in [1.807, 2.05) is 6.07 Å². The molecule has 11 heteroatoms. The molecular formula is C26H32N8OS2. The van der Waals surface area contributed by atoms with Crippen LogP contribution in [0.4, 0.5) is 0 Å². The predicted molar refractivity (Wildman–Crippen MR) is 144 cm³/mol. The molecule has 194 valence electrons. The van der Waals surface area contributed by atoms with E-state index in [-0.39, 0.29) is 18.1 Å². The molecule has 1 fully saturated rings. The van der Waals surface area contributed by atoms with E-state index in [1.165, 1.54) is 21.8 Å². The molecule has 0 bridgehead atoms. The van der Waals surface area contributed by atoms with Gasteiger partial charge in [-0.1, -0.05) is 18.7 Å². The lowest BCUT2D eigenvalue weighted by Crippen LogP contribution is -2.42. The van der Waals surface area contributed by atoms with Gasteiger partial charge >= 0.3 is 0 Å². The summed E-state index contributed by atoms with van der Waals surface area (Å²) in [6.07, 6.45) is 3.21. The van der Waals surface area contributed by atoms with Gasteiger partial charge < -0.3 is 16.0 Å². The van der Waals surface area contributed by atoms with Crippen LogP contribution < -0.4 is 11.1 Å². The van der Waals surface area contributed by atoms with Crippen molar-refractivity contribution in [2.75, 3.05) is 6.54 Å². The summed E-state index contributed by atoms with van der Waals surface area (Å²) in [6, 6.07) is 6.73. The number of nitrogens with two attached hydrogens (primary N) is 1. The lowest BCUT2D eigenvalue weighted by Gasteiger charge is -2.34. The molecule has 0 aromatic carbocycles. The lowest BCUT2D eigenvalue weighted by atomic mass is 9.76. The number of amides is 1. The van der Waals surface area contributed by atoms with Gasteiger partial charge in [0.25, 0.3) is 5.91 Å². The Morgan fingerprint density at radius 1 is 1.41 bits per heavy atom. The summed E-state index contributed by atoms with van der Waals surface area (Å²) in [5.74, 6) is 0.617. The van der Waals surface area contributed by atoms with Crippen molar-refractivity contribution in [1.29, 1.82) is 5.26 Å². The second-order valence-electron chi connectivity index (χ2n) is 10.3. The first-order valence-corrected chi connectivity index (χ1v) is 14.3. The van der Waals surface area contributed by atoms with Crippen molar-refractivity contribution in [3.63, 3.8) is 0 Å². The molecule has 2 aliphatic rings. The van der Waals surface area contributed by atoms with Gasteiger partial charge in [0.1, 0.15) is 11.5 Å². The molecule has 0 saturated carbocycles. The van der Waals surface area contributed by atoms with Crippen molar-refractivity contribution in [3.8, 4) is 6.07 Å². The zero-order valence-corrected chi connectivity index (χ0v) is 23.0. The van der Waals surface area contributed by atoms with Crippen LogP contribution in [0, 0.1) is 17.2 Å². The Labute approximate surface area is 224 Å². The molecule has 3 aromatic heterocycles. The average molecular weight is 537 g/mol. The number of likely N-dealkylation sites (tertiary alicyclic amines) is 1. The Bertz CT molecular complexity index is 1340. The van der Waals surface area contributed by atoms with Gasteiger partial charge in [0.2, 0.25) is 0 Å². The van der Waals surface area contributed by atoms with Crippen LogP contribution in [0.15, 0.2) is 29.8 Å². The lowest BCUT2D eigenvalue weighted by molar-refractivity contribution is 0.100. The van der Waals surface area contributed by atoms with E-state index < -0.39 is 11.3 Å². The highest BCUT2D eigenvalue weighted by Crippen LogP contribution is 2.51. The van der Waals surface area contributed by atoms with Crippen LogP contribution in [0.3, 0.4) is 0 Å². The minimum atomic E-state index is -0.668. The van der Waals surface area contributed by atoms with E-state index in [1.54, 1.807) is 11.3 Å². The molecule has 37 heavy (non-hydrogen) atoms. The number of aromatic amines is 1. The molecule has 4 heterocycles. The van der Waals surface area contributed by atoms with Crippen LogP contribution in [0.5, 0.6) is 0 Å². The molecule has 3 unspecified atom stereocenters. The second-order valence-corrected chi connectivity index (χ2v) is 12.3. The van der Waals surface area contributed by atoms with E-state index in [2.05, 4.69) is 75.7 Å². The third-order valence-electron chi connectivity index (χ3n) is 7.94. The minimum Gasteiger partial charge on any atom is -0.365 e. The van der Waals surface area contributed by atoms with E-state index >= 15 is 0 Å². The highest BCUT2D eigenvalue weighted by molar-refractivity contribution is 7.15. The van der Waals surface area contributed by atoms with Crippen LogP contribution in [-0.4, -0.2) is 56.1 Å². The maximum absolute atomic E-state index is 12.2. The number of nitrogens with one attached hydrogen (secondary N) is 2. The minimum absolute atomic E-state index is 0.0335. The number of H-pyrrole nitrogens is 1. The van der Waals surface area contributed by atoms with Crippen molar-refractivity contribution < 1.29 is 4.79 Å². The summed E-state index contributed by atoms with van der Waals surface area (Å²) < 4.78 is 0. The summed E-state index contributed by atoms with van der Waals surface area (Å²) in [7, 11) is 0. The zero-order valence-electron chi connectivity index (χ0n) is 21.3. The van der Waals surface area contributed by atoms with Crippen LogP contribution in [0.25, 0.3) is 0 Å². The Morgan fingerprint density at radius 3 is 2.89 bits per heavy atom. The number of thiophene rings is 2. The quantitative estimate of drug-likeness (QED) is 0.401. The highest BCUT2D eigenvalue weighted by atomic mass is 32.1. The second kappa shape index (κ2) is 10.0. The first-order valence-electron chi connectivity index (χ1n) is 12.6. The van der Waals surface area contributed by atoms with E-state index in [4.69, 9.17) is 5.73 Å². The van der Waals surface area contributed by atoms with Crippen molar-refractivity contribution >= 4 is 28.6 Å². The van der Waals surface area contributed by atoms with Gasteiger partial charge in [0.05, 0.1) is 10.9 Å². The van der Waals surface area contributed by atoms with Crippen molar-refractivity contribution in [3.05, 3.63) is 61.4 Å². The van der Waals surface area contributed by atoms with E-state index in [0.29, 0.717) is 29.6 Å². The normalized spacial score (nSPS) is 25.7. The van der Waals surface area contributed by atoms with Gasteiger partial charge in [-0.3, -0.25) is 4.79 Å². The van der Waals surface area contributed by atoms with E-state index in [9.17, 15) is 10.1 Å². The standard InChI is InChI=1S/C26H32N8OS2/c1-14-9-20(12-27)34(17(14)4)16(3)13-29-15(2)11-26(25-30-32-33-31-25)22-18(7-8-36-22)5-6-19-10-21(24(28)35)37-23(19)26/h7-8,10,14-15,17,20,29H,3,5-6,9,11,13H2,1-2,4H3,(H2,28,35)(H,30,31,32,33)/t14-,15+,17?,20?,26?/m0/s1. The molecule has 0 spiro atoms. The summed E-state index contributed by atoms with van der Waals surface area (Å²) >= 11 is 3.14. The summed E-state index contributed by atoms with van der Waals surface area (Å²) in [6.45, 7) is 11.4. The van der Waals surface area contributed by atoms with Gasteiger partial charge in [-0.2, -0.15) is 10.5 Å². The Kier molecular flexibility index (Phi) is 6.91. The first kappa shape index (κ1) is 25.6. The van der Waals surface area contributed by atoms with Gasteiger partial charge in [0.15, 0.2) is 5.82 Å². The molecule has 0 radical (unpaired) electrons. The number of nitrogens with zero attached hydrogens (tertiary/aromatic N) is 5. The van der Waals surface area contributed by atoms with Crippen molar-refractivity contribution in [2.45, 2.75) is 70.0 Å². The average Bonchev–Trinajstić information content (AvgIpc) is 3.67. The number of hydrogen-bond acceptors (Lipinski definition) is 9. The maximum atomic E-state index is 12.2. The maximum Gasteiger partial charge on any atom is 0.258 e. The smallest absolute Gasteiger partial charge is 0.258 e. The first-order chi connectivity index (χ1) is 17.8. The molecule has 9 nitrogen and oxygen atoms in total. The third kappa shape index (κ3) is 4.37. The number of nitriles is 1. The fourth-order valence-electron chi connectivity index (χ4n) is 5.96. The summed E-state index contributed by atoms with van der Waals surface area (Å²) in [5.41, 5.74) is 8.35. The summed E-state index contributed by atoms with van der Waals surface area (Å²) in [5, 5.41) is 31.0. The predicted octanol–water partition coefficient (Wildman–Crippen LogP) is 3.36. The molecule has 5 atom stereocenters. The van der Waals surface area contributed by atoms with Gasteiger partial charge in [-0.25, -0.2) is 0 Å². The Balaban J connectivity index is 1.48. The molecule has 3 aromatic rings. The number of carbonyl (C=O) groups excluding carboxylic acids is 1. The molecule has 1 aliphatic carbocycles. The number of primary amides is 1. The number of carbonyl (C=O) groups is 1. The van der Waals surface area contributed by atoms with Gasteiger partial charge in [-0.15, -0.1) is 32.9 Å². The zero-order chi connectivity index (χ0) is 26.3.